The number of hydrogen-bond donors (Lipinski definition) is 2. The van der Waals surface area contributed by atoms with Crippen LogP contribution in [0.3, 0.4) is 0 Å². The van der Waals surface area contributed by atoms with Gasteiger partial charge in [-0.2, -0.15) is 0 Å². The molecule has 0 aromatic carbocycles. The molecule has 0 unspecified atom stereocenters. The Labute approximate surface area is 85.7 Å². The van der Waals surface area contributed by atoms with Gasteiger partial charge in [0, 0.05) is 9.64 Å². The highest BCUT2D eigenvalue weighted by Crippen LogP contribution is 2.16. The Morgan fingerprint density at radius 2 is 2.25 bits per heavy atom. The molecule has 2 N–H and O–H groups in total. The quantitative estimate of drug-likeness (QED) is 0.607. The standard InChI is InChI=1S/C6H3ClINO3/c7-5-4(6(11)12)2(8)1-3(10)9-5/h1H,(H,9,10)(H,11,12). The van der Waals surface area contributed by atoms with Gasteiger partial charge in [-0.05, 0) is 22.6 Å². The van der Waals surface area contributed by atoms with Gasteiger partial charge < -0.3 is 10.1 Å². The van der Waals surface area contributed by atoms with Gasteiger partial charge in [-0.15, -0.1) is 0 Å². The van der Waals surface area contributed by atoms with Gasteiger partial charge in [0.05, 0.1) is 0 Å². The van der Waals surface area contributed by atoms with Gasteiger partial charge in [0.1, 0.15) is 10.7 Å². The molecule has 64 valence electrons. The normalized spacial score (nSPS) is 9.83. The van der Waals surface area contributed by atoms with E-state index < -0.39 is 11.5 Å². The van der Waals surface area contributed by atoms with Gasteiger partial charge in [0.25, 0.3) is 0 Å². The molecule has 4 nitrogen and oxygen atoms in total. The van der Waals surface area contributed by atoms with Gasteiger partial charge in [-0.25, -0.2) is 4.79 Å². The Balaban J connectivity index is 3.48. The molecule has 1 aromatic rings. The van der Waals surface area contributed by atoms with Crippen LogP contribution in [0, 0.1) is 3.57 Å². The van der Waals surface area contributed by atoms with E-state index in [-0.39, 0.29) is 10.7 Å². The maximum absolute atomic E-state index is 10.7. The van der Waals surface area contributed by atoms with Crippen LogP contribution >= 0.6 is 34.2 Å². The molecule has 0 saturated carbocycles. The van der Waals surface area contributed by atoms with Crippen LogP contribution < -0.4 is 5.56 Å². The van der Waals surface area contributed by atoms with Gasteiger partial charge in [0.2, 0.25) is 5.56 Å². The number of pyridine rings is 1. The average Bonchev–Trinajstić information content (AvgIpc) is 1.82. The highest BCUT2D eigenvalue weighted by molar-refractivity contribution is 14.1. The fourth-order valence-electron chi connectivity index (χ4n) is 0.695. The molecule has 0 amide bonds. The van der Waals surface area contributed by atoms with E-state index in [9.17, 15) is 9.59 Å². The number of nitrogens with one attached hydrogen (secondary N) is 1. The Morgan fingerprint density at radius 1 is 1.67 bits per heavy atom. The Kier molecular flexibility index (Phi) is 2.73. The second-order valence-electron chi connectivity index (χ2n) is 1.98. The monoisotopic (exact) mass is 299 g/mol. The lowest BCUT2D eigenvalue weighted by molar-refractivity contribution is 0.0695. The Hall–Kier alpha value is -0.560. The summed E-state index contributed by atoms with van der Waals surface area (Å²) in [6.45, 7) is 0. The SMILES string of the molecule is O=C(O)c1c(I)cc(=O)[nH]c1Cl. The summed E-state index contributed by atoms with van der Waals surface area (Å²) < 4.78 is 0.328. The number of carboxylic acid groups (broad SMARTS) is 1. The van der Waals surface area contributed by atoms with E-state index in [1.807, 2.05) is 0 Å². The number of H-pyrrole nitrogens is 1. The maximum atomic E-state index is 10.7. The fraction of sp³-hybridized carbons (Fsp3) is 0. The molecule has 0 radical (unpaired) electrons. The molecule has 1 heterocycles. The zero-order valence-electron chi connectivity index (χ0n) is 5.60. The molecule has 0 aliphatic carbocycles. The number of carboxylic acids is 1. The van der Waals surface area contributed by atoms with Crippen LogP contribution in [-0.2, 0) is 0 Å². The summed E-state index contributed by atoms with van der Waals surface area (Å²) in [7, 11) is 0. The minimum absolute atomic E-state index is 0.0723. The van der Waals surface area contributed by atoms with Crippen LogP contribution in [-0.4, -0.2) is 16.1 Å². The lowest BCUT2D eigenvalue weighted by Crippen LogP contribution is -2.11. The zero-order chi connectivity index (χ0) is 9.30. The van der Waals surface area contributed by atoms with E-state index in [4.69, 9.17) is 16.7 Å². The highest BCUT2D eigenvalue weighted by Gasteiger charge is 2.13. The summed E-state index contributed by atoms with van der Waals surface area (Å²) in [5, 5.41) is 8.49. The highest BCUT2D eigenvalue weighted by atomic mass is 127. The van der Waals surface area contributed by atoms with Crippen LogP contribution in [0.15, 0.2) is 10.9 Å². The van der Waals surface area contributed by atoms with Gasteiger partial charge in [-0.1, -0.05) is 11.6 Å². The third kappa shape index (κ3) is 1.78. The van der Waals surface area contributed by atoms with E-state index in [2.05, 4.69) is 4.98 Å². The molecule has 0 aliphatic heterocycles. The van der Waals surface area contributed by atoms with Crippen LogP contribution in [0.4, 0.5) is 0 Å². The predicted molar refractivity (Wildman–Crippen MR) is 51.7 cm³/mol. The van der Waals surface area contributed by atoms with Crippen molar-refractivity contribution in [2.24, 2.45) is 0 Å². The maximum Gasteiger partial charge on any atom is 0.339 e. The van der Waals surface area contributed by atoms with Crippen molar-refractivity contribution in [2.45, 2.75) is 0 Å². The first-order chi connectivity index (χ1) is 5.52. The number of halogens is 2. The van der Waals surface area contributed by atoms with Crippen LogP contribution in [0.25, 0.3) is 0 Å². The summed E-state index contributed by atoms with van der Waals surface area (Å²) in [6.07, 6.45) is 0. The third-order valence-corrected chi connectivity index (χ3v) is 2.30. The van der Waals surface area contributed by atoms with E-state index in [0.717, 1.165) is 0 Å². The number of hydrogen-bond acceptors (Lipinski definition) is 2. The number of aromatic nitrogens is 1. The number of rotatable bonds is 1. The van der Waals surface area contributed by atoms with Gasteiger partial charge in [-0.3, -0.25) is 4.79 Å². The van der Waals surface area contributed by atoms with Crippen molar-refractivity contribution in [3.05, 3.63) is 30.7 Å². The molecule has 6 heteroatoms. The zero-order valence-corrected chi connectivity index (χ0v) is 8.51. The van der Waals surface area contributed by atoms with Crippen molar-refractivity contribution in [1.82, 2.24) is 4.98 Å². The first-order valence-corrected chi connectivity index (χ1v) is 4.29. The van der Waals surface area contributed by atoms with Crippen molar-refractivity contribution >= 4 is 40.2 Å². The second-order valence-corrected chi connectivity index (χ2v) is 3.52. The fourth-order valence-corrected chi connectivity index (χ4v) is 1.91. The van der Waals surface area contributed by atoms with Crippen LogP contribution in [0.1, 0.15) is 10.4 Å². The second kappa shape index (κ2) is 3.44. The Morgan fingerprint density at radius 3 is 2.67 bits per heavy atom. The molecule has 0 aliphatic rings. The smallest absolute Gasteiger partial charge is 0.339 e. The summed E-state index contributed by atoms with van der Waals surface area (Å²) in [4.78, 5) is 23.5. The first kappa shape index (κ1) is 9.53. The summed E-state index contributed by atoms with van der Waals surface area (Å²) in [5.41, 5.74) is -0.480. The van der Waals surface area contributed by atoms with E-state index in [1.54, 1.807) is 22.6 Å². The van der Waals surface area contributed by atoms with Crippen molar-refractivity contribution in [3.8, 4) is 0 Å². The van der Waals surface area contributed by atoms with Crippen LogP contribution in [0.2, 0.25) is 5.15 Å². The first-order valence-electron chi connectivity index (χ1n) is 2.84. The average molecular weight is 299 g/mol. The third-order valence-electron chi connectivity index (χ3n) is 1.16. The lowest BCUT2D eigenvalue weighted by Gasteiger charge is -1.99. The molecule has 0 bridgehead atoms. The van der Waals surface area contributed by atoms with Crippen molar-refractivity contribution in [2.75, 3.05) is 0 Å². The molecule has 0 atom stereocenters. The molecule has 0 saturated heterocycles. The van der Waals surface area contributed by atoms with E-state index in [1.165, 1.54) is 6.07 Å². The minimum Gasteiger partial charge on any atom is -0.478 e. The molecule has 0 spiro atoms. The van der Waals surface area contributed by atoms with E-state index >= 15 is 0 Å². The largest absolute Gasteiger partial charge is 0.478 e. The predicted octanol–water partition coefficient (Wildman–Crippen LogP) is 1.33. The summed E-state index contributed by atoms with van der Waals surface area (Å²) in [5.74, 6) is -1.15. The molecular weight excluding hydrogens is 296 g/mol. The summed E-state index contributed by atoms with van der Waals surface area (Å²) in [6, 6.07) is 1.18. The molecule has 1 aromatic heterocycles. The van der Waals surface area contributed by atoms with Crippen molar-refractivity contribution in [3.63, 3.8) is 0 Å². The van der Waals surface area contributed by atoms with E-state index in [0.29, 0.717) is 3.57 Å². The molecular formula is C6H3ClINO3. The number of aromatic amines is 1. The van der Waals surface area contributed by atoms with Crippen molar-refractivity contribution < 1.29 is 9.90 Å². The Bertz CT molecular complexity index is 361. The summed E-state index contributed by atoms with van der Waals surface area (Å²) >= 11 is 7.23. The molecule has 1 rings (SSSR count). The van der Waals surface area contributed by atoms with Gasteiger partial charge >= 0.3 is 5.97 Å². The molecule has 12 heavy (non-hydrogen) atoms. The topological polar surface area (TPSA) is 70.2 Å². The van der Waals surface area contributed by atoms with Gasteiger partial charge in [0.15, 0.2) is 0 Å². The number of carbonyl (C=O) groups is 1. The molecule has 0 fully saturated rings. The number of aromatic carboxylic acids is 1. The van der Waals surface area contributed by atoms with Crippen molar-refractivity contribution in [1.29, 1.82) is 0 Å². The van der Waals surface area contributed by atoms with Crippen LogP contribution in [0.5, 0.6) is 0 Å². The lowest BCUT2D eigenvalue weighted by atomic mass is 10.3. The minimum atomic E-state index is -1.15.